The predicted octanol–water partition coefficient (Wildman–Crippen LogP) is 4.33. The van der Waals surface area contributed by atoms with Crippen molar-refractivity contribution in [2.45, 2.75) is 0 Å². The van der Waals surface area contributed by atoms with Gasteiger partial charge >= 0.3 is 0 Å². The molecule has 1 heterocycles. The summed E-state index contributed by atoms with van der Waals surface area (Å²) in [5.74, 6) is 5.99. The number of amides is 1. The molecule has 0 unspecified atom stereocenters. The van der Waals surface area contributed by atoms with Crippen LogP contribution in [-0.4, -0.2) is 10.5 Å². The van der Waals surface area contributed by atoms with Crippen molar-refractivity contribution in [3.05, 3.63) is 88.7 Å². The number of hydrogen-bond acceptors (Lipinski definition) is 1. The van der Waals surface area contributed by atoms with Gasteiger partial charge in [-0.05, 0) is 36.4 Å². The van der Waals surface area contributed by atoms with Gasteiger partial charge in [0.15, 0.2) is 0 Å². The molecule has 1 aromatic heterocycles. The van der Waals surface area contributed by atoms with E-state index in [4.69, 9.17) is 11.6 Å². The zero-order valence-corrected chi connectivity index (χ0v) is 13.8. The molecule has 0 saturated carbocycles. The Bertz CT molecular complexity index is 933. The smallest absolute Gasteiger partial charge is 0.272 e. The topological polar surface area (TPSA) is 34.0 Å². The molecular formula is C20H15ClN2O. The number of hydrogen-bond donors (Lipinski definition) is 1. The molecule has 4 heteroatoms. The van der Waals surface area contributed by atoms with Crippen molar-refractivity contribution in [2.24, 2.45) is 7.05 Å². The van der Waals surface area contributed by atoms with Crippen LogP contribution in [0.1, 0.15) is 21.6 Å². The fraction of sp³-hybridized carbons (Fsp3) is 0.0500. The predicted molar refractivity (Wildman–Crippen MR) is 97.2 cm³/mol. The van der Waals surface area contributed by atoms with E-state index in [0.717, 1.165) is 11.1 Å². The van der Waals surface area contributed by atoms with Crippen LogP contribution in [0.5, 0.6) is 0 Å². The van der Waals surface area contributed by atoms with Gasteiger partial charge in [0.25, 0.3) is 5.91 Å². The lowest BCUT2D eigenvalue weighted by molar-refractivity contribution is 0.101. The third-order valence-electron chi connectivity index (χ3n) is 3.45. The standard InChI is InChI=1S/C20H15ClN2O/c1-23-14-17(21)13-19(23)20(24)22-18-9-5-8-16(12-18)11-10-15-6-3-2-4-7-15/h2-9,12-14H,1H3,(H,22,24). The Balaban J connectivity index is 1.77. The van der Waals surface area contributed by atoms with E-state index in [2.05, 4.69) is 17.2 Å². The van der Waals surface area contributed by atoms with Crippen LogP contribution >= 0.6 is 11.6 Å². The molecule has 0 aliphatic carbocycles. The first-order valence-corrected chi connectivity index (χ1v) is 7.80. The van der Waals surface area contributed by atoms with Gasteiger partial charge < -0.3 is 9.88 Å². The lowest BCUT2D eigenvalue weighted by Crippen LogP contribution is -2.15. The van der Waals surface area contributed by atoms with Crippen molar-refractivity contribution >= 4 is 23.2 Å². The second kappa shape index (κ2) is 7.08. The SMILES string of the molecule is Cn1cc(Cl)cc1C(=O)Nc1cccc(C#Cc2ccccc2)c1. The molecule has 3 aromatic rings. The van der Waals surface area contributed by atoms with Crippen LogP contribution in [0.2, 0.25) is 5.02 Å². The van der Waals surface area contributed by atoms with E-state index in [-0.39, 0.29) is 5.91 Å². The zero-order chi connectivity index (χ0) is 16.9. The monoisotopic (exact) mass is 334 g/mol. The fourth-order valence-electron chi connectivity index (χ4n) is 2.29. The van der Waals surface area contributed by atoms with Gasteiger partial charge in [-0.1, -0.05) is 47.7 Å². The molecule has 0 aliphatic rings. The molecule has 0 atom stereocenters. The summed E-state index contributed by atoms with van der Waals surface area (Å²) in [7, 11) is 1.78. The van der Waals surface area contributed by atoms with Crippen LogP contribution < -0.4 is 5.32 Å². The van der Waals surface area contributed by atoms with Crippen molar-refractivity contribution in [3.63, 3.8) is 0 Å². The molecule has 118 valence electrons. The van der Waals surface area contributed by atoms with Crippen LogP contribution in [0.15, 0.2) is 66.9 Å². The van der Waals surface area contributed by atoms with Crippen molar-refractivity contribution in [1.82, 2.24) is 4.57 Å². The lowest BCUT2D eigenvalue weighted by atomic mass is 10.1. The number of carbonyl (C=O) groups is 1. The highest BCUT2D eigenvalue weighted by molar-refractivity contribution is 6.31. The van der Waals surface area contributed by atoms with Crippen molar-refractivity contribution in [3.8, 4) is 11.8 Å². The number of aromatic nitrogens is 1. The molecule has 24 heavy (non-hydrogen) atoms. The largest absolute Gasteiger partial charge is 0.345 e. The average molecular weight is 335 g/mol. The van der Waals surface area contributed by atoms with E-state index in [1.165, 1.54) is 0 Å². The van der Waals surface area contributed by atoms with Crippen molar-refractivity contribution < 1.29 is 4.79 Å². The summed E-state index contributed by atoms with van der Waals surface area (Å²) in [4.78, 5) is 12.3. The minimum atomic E-state index is -0.211. The minimum absolute atomic E-state index is 0.211. The number of benzene rings is 2. The third kappa shape index (κ3) is 3.87. The molecule has 1 N–H and O–H groups in total. The van der Waals surface area contributed by atoms with Crippen LogP contribution in [0.25, 0.3) is 0 Å². The summed E-state index contributed by atoms with van der Waals surface area (Å²) in [5.41, 5.74) is 2.98. The molecule has 0 aliphatic heterocycles. The molecular weight excluding hydrogens is 320 g/mol. The van der Waals surface area contributed by atoms with E-state index in [1.54, 1.807) is 23.9 Å². The molecule has 0 fully saturated rings. The molecule has 0 saturated heterocycles. The van der Waals surface area contributed by atoms with Gasteiger partial charge in [0.2, 0.25) is 0 Å². The second-order valence-electron chi connectivity index (χ2n) is 5.31. The Hall–Kier alpha value is -2.96. The van der Waals surface area contributed by atoms with Crippen molar-refractivity contribution in [1.29, 1.82) is 0 Å². The highest BCUT2D eigenvalue weighted by Gasteiger charge is 2.11. The van der Waals surface area contributed by atoms with E-state index in [9.17, 15) is 4.79 Å². The first kappa shape index (κ1) is 15.9. The van der Waals surface area contributed by atoms with Gasteiger partial charge in [-0.3, -0.25) is 4.79 Å². The van der Waals surface area contributed by atoms with Crippen LogP contribution in [0.4, 0.5) is 5.69 Å². The summed E-state index contributed by atoms with van der Waals surface area (Å²) in [6, 6.07) is 18.8. The minimum Gasteiger partial charge on any atom is -0.345 e. The summed E-state index contributed by atoms with van der Waals surface area (Å²) < 4.78 is 1.69. The maximum atomic E-state index is 12.3. The maximum Gasteiger partial charge on any atom is 0.272 e. The average Bonchev–Trinajstić information content (AvgIpc) is 2.93. The number of nitrogens with zero attached hydrogens (tertiary/aromatic N) is 1. The second-order valence-corrected chi connectivity index (χ2v) is 5.74. The van der Waals surface area contributed by atoms with E-state index >= 15 is 0 Å². The van der Waals surface area contributed by atoms with Gasteiger partial charge in [-0.25, -0.2) is 0 Å². The number of carbonyl (C=O) groups excluding carboxylic acids is 1. The number of aryl methyl sites for hydroxylation is 1. The van der Waals surface area contributed by atoms with Gasteiger partial charge in [0, 0.05) is 30.1 Å². The Morgan fingerprint density at radius 3 is 2.42 bits per heavy atom. The fourth-order valence-corrected chi connectivity index (χ4v) is 2.54. The molecule has 3 nitrogen and oxygen atoms in total. The highest BCUT2D eigenvalue weighted by Crippen LogP contribution is 2.16. The van der Waals surface area contributed by atoms with E-state index < -0.39 is 0 Å². The van der Waals surface area contributed by atoms with Crippen molar-refractivity contribution in [2.75, 3.05) is 5.32 Å². The van der Waals surface area contributed by atoms with E-state index in [1.807, 2.05) is 54.6 Å². The summed E-state index contributed by atoms with van der Waals surface area (Å²) in [5, 5.41) is 3.40. The lowest BCUT2D eigenvalue weighted by Gasteiger charge is -2.06. The number of anilines is 1. The molecule has 1 amide bonds. The third-order valence-corrected chi connectivity index (χ3v) is 3.66. The first-order valence-electron chi connectivity index (χ1n) is 7.42. The Kier molecular flexibility index (Phi) is 4.69. The van der Waals surface area contributed by atoms with E-state index in [0.29, 0.717) is 16.4 Å². The molecule has 0 bridgehead atoms. The summed E-state index contributed by atoms with van der Waals surface area (Å²) in [6.45, 7) is 0. The number of halogens is 1. The summed E-state index contributed by atoms with van der Waals surface area (Å²) >= 11 is 5.92. The van der Waals surface area contributed by atoms with Gasteiger partial charge in [0.05, 0.1) is 5.02 Å². The maximum absolute atomic E-state index is 12.3. The Morgan fingerprint density at radius 1 is 1.00 bits per heavy atom. The van der Waals surface area contributed by atoms with Crippen LogP contribution in [0, 0.1) is 11.8 Å². The van der Waals surface area contributed by atoms with Crippen LogP contribution in [-0.2, 0) is 7.05 Å². The molecule has 3 rings (SSSR count). The number of rotatable bonds is 2. The first-order chi connectivity index (χ1) is 11.6. The molecule has 0 radical (unpaired) electrons. The molecule has 0 spiro atoms. The quantitative estimate of drug-likeness (QED) is 0.695. The van der Waals surface area contributed by atoms with Gasteiger partial charge in [-0.15, -0.1) is 0 Å². The Labute approximate surface area is 145 Å². The summed E-state index contributed by atoms with van der Waals surface area (Å²) in [6.07, 6.45) is 1.69. The van der Waals surface area contributed by atoms with Crippen LogP contribution in [0.3, 0.4) is 0 Å². The van der Waals surface area contributed by atoms with Gasteiger partial charge in [-0.2, -0.15) is 0 Å². The highest BCUT2D eigenvalue weighted by atomic mass is 35.5. The Morgan fingerprint density at radius 2 is 1.71 bits per heavy atom. The normalized spacial score (nSPS) is 9.92. The number of nitrogens with one attached hydrogen (secondary N) is 1. The zero-order valence-electron chi connectivity index (χ0n) is 13.1. The molecule has 2 aromatic carbocycles. The van der Waals surface area contributed by atoms with Gasteiger partial charge in [0.1, 0.15) is 5.69 Å².